The second-order valence-corrected chi connectivity index (χ2v) is 12.6. The highest BCUT2D eigenvalue weighted by atomic mass is 16.7. The number of nitrogens with two attached hydrogens (primary N) is 1. The Morgan fingerprint density at radius 2 is 1.41 bits per heavy atom. The fourth-order valence-electron chi connectivity index (χ4n) is 5.16. The van der Waals surface area contributed by atoms with Crippen LogP contribution in [-0.2, 0) is 41.6 Å². The van der Waals surface area contributed by atoms with Gasteiger partial charge in [-0.25, -0.2) is 4.79 Å². The summed E-state index contributed by atoms with van der Waals surface area (Å²) in [6.45, 7) is 2.02. The molecule has 4 amide bonds. The fraction of sp³-hybridized carbons (Fsp3) is 0.500. The predicted molar refractivity (Wildman–Crippen MR) is 180 cm³/mol. The highest BCUT2D eigenvalue weighted by Crippen LogP contribution is 2.24. The number of rotatable bonds is 18. The van der Waals surface area contributed by atoms with Gasteiger partial charge in [-0.15, -0.1) is 0 Å². The highest BCUT2D eigenvalue weighted by Gasteiger charge is 2.44. The molecule has 0 aliphatic carbocycles. The first kappa shape index (κ1) is 40.8. The molecule has 0 bridgehead atoms. The molecule has 2 aromatic rings. The summed E-state index contributed by atoms with van der Waals surface area (Å²) in [5.41, 5.74) is 7.34. The van der Waals surface area contributed by atoms with E-state index in [-0.39, 0.29) is 30.9 Å². The Kier molecular flexibility index (Phi) is 15.7. The summed E-state index contributed by atoms with van der Waals surface area (Å²) >= 11 is 0. The van der Waals surface area contributed by atoms with Crippen LogP contribution in [0.1, 0.15) is 31.4 Å². The Hall–Kier alpha value is -4.65. The molecule has 51 heavy (non-hydrogen) atoms. The van der Waals surface area contributed by atoms with Crippen molar-refractivity contribution in [3.63, 3.8) is 0 Å². The average molecular weight is 718 g/mol. The molecule has 11 N–H and O–H groups in total. The number of aliphatic hydroxyl groups is 4. The van der Waals surface area contributed by atoms with E-state index in [0.29, 0.717) is 11.1 Å². The molecule has 280 valence electrons. The molecule has 3 unspecified atom stereocenters. The zero-order chi connectivity index (χ0) is 37.7. The van der Waals surface area contributed by atoms with Crippen LogP contribution in [0.15, 0.2) is 54.6 Å². The maximum Gasteiger partial charge on any atom is 0.326 e. The van der Waals surface area contributed by atoms with Gasteiger partial charge in [-0.3, -0.25) is 19.2 Å². The van der Waals surface area contributed by atoms with E-state index >= 15 is 0 Å². The first-order valence-corrected chi connectivity index (χ1v) is 16.4. The number of carboxylic acids is 1. The van der Waals surface area contributed by atoms with Gasteiger partial charge in [0.2, 0.25) is 29.9 Å². The van der Waals surface area contributed by atoms with Gasteiger partial charge in [0.1, 0.15) is 42.2 Å². The fourth-order valence-corrected chi connectivity index (χ4v) is 5.16. The van der Waals surface area contributed by atoms with E-state index in [9.17, 15) is 49.5 Å². The van der Waals surface area contributed by atoms with E-state index < -0.39 is 98.1 Å². The molecule has 0 radical (unpaired) electrons. The number of carbonyl (C=O) groups excluding carboxylic acids is 4. The minimum absolute atomic E-state index is 0.0127. The molecule has 1 heterocycles. The van der Waals surface area contributed by atoms with Crippen LogP contribution in [-0.4, -0.2) is 124 Å². The minimum atomic E-state index is -1.60. The number of carbonyl (C=O) groups is 5. The van der Waals surface area contributed by atoms with Crippen molar-refractivity contribution in [2.75, 3.05) is 19.7 Å². The van der Waals surface area contributed by atoms with Crippen molar-refractivity contribution < 1.29 is 59.0 Å². The Morgan fingerprint density at radius 1 is 0.784 bits per heavy atom. The summed E-state index contributed by atoms with van der Waals surface area (Å²) in [6.07, 6.45) is -6.86. The third kappa shape index (κ3) is 12.9. The van der Waals surface area contributed by atoms with Crippen LogP contribution in [0.2, 0.25) is 0 Å². The van der Waals surface area contributed by atoms with E-state index in [1.807, 2.05) is 13.8 Å². The number of carboxylic acid groups (broad SMARTS) is 1. The summed E-state index contributed by atoms with van der Waals surface area (Å²) in [6, 6.07) is 11.7. The van der Waals surface area contributed by atoms with Crippen LogP contribution < -0.4 is 31.7 Å². The van der Waals surface area contributed by atoms with E-state index in [1.54, 1.807) is 42.5 Å². The van der Waals surface area contributed by atoms with Crippen LogP contribution in [0, 0.1) is 5.92 Å². The molecule has 1 aliphatic heterocycles. The summed E-state index contributed by atoms with van der Waals surface area (Å²) in [7, 11) is 0. The first-order chi connectivity index (χ1) is 24.2. The van der Waals surface area contributed by atoms with Crippen molar-refractivity contribution in [1.82, 2.24) is 21.3 Å². The van der Waals surface area contributed by atoms with Crippen molar-refractivity contribution in [2.45, 2.75) is 81.9 Å². The first-order valence-electron chi connectivity index (χ1n) is 16.4. The number of hydrogen-bond acceptors (Lipinski definition) is 12. The van der Waals surface area contributed by atoms with Gasteiger partial charge in [0, 0.05) is 6.42 Å². The normalized spacial score (nSPS) is 21.8. The Balaban J connectivity index is 1.46. The summed E-state index contributed by atoms with van der Waals surface area (Å²) in [5, 5.41) is 58.6. The summed E-state index contributed by atoms with van der Waals surface area (Å²) in [4.78, 5) is 62.4. The highest BCUT2D eigenvalue weighted by molar-refractivity contribution is 5.93. The molecule has 17 nitrogen and oxygen atoms in total. The number of ether oxygens (including phenoxy) is 2. The van der Waals surface area contributed by atoms with Gasteiger partial charge in [-0.05, 0) is 42.0 Å². The van der Waals surface area contributed by atoms with Gasteiger partial charge in [0.05, 0.1) is 25.7 Å². The topological polar surface area (TPSA) is 279 Å². The van der Waals surface area contributed by atoms with Gasteiger partial charge in [-0.1, -0.05) is 56.3 Å². The monoisotopic (exact) mass is 717 g/mol. The number of nitrogens with one attached hydrogen (secondary N) is 4. The zero-order valence-corrected chi connectivity index (χ0v) is 28.3. The molecule has 0 aromatic heterocycles. The van der Waals surface area contributed by atoms with E-state index in [4.69, 9.17) is 15.2 Å². The van der Waals surface area contributed by atoms with E-state index in [0.717, 1.165) is 0 Å². The molecule has 1 saturated heterocycles. The summed E-state index contributed by atoms with van der Waals surface area (Å²) < 4.78 is 10.9. The largest absolute Gasteiger partial charge is 0.480 e. The van der Waals surface area contributed by atoms with Crippen molar-refractivity contribution >= 4 is 29.6 Å². The molecule has 0 spiro atoms. The molecule has 3 rings (SSSR count). The van der Waals surface area contributed by atoms with Gasteiger partial charge >= 0.3 is 5.97 Å². The Labute approximate surface area is 294 Å². The van der Waals surface area contributed by atoms with Gasteiger partial charge < -0.3 is 62.0 Å². The molecule has 1 fully saturated rings. The van der Waals surface area contributed by atoms with Gasteiger partial charge in [-0.2, -0.15) is 0 Å². The maximum atomic E-state index is 13.1. The number of hydrogen-bond donors (Lipinski definition) is 10. The lowest BCUT2D eigenvalue weighted by molar-refractivity contribution is -0.277. The molecule has 1 aliphatic rings. The van der Waals surface area contributed by atoms with Crippen LogP contribution in [0.3, 0.4) is 0 Å². The van der Waals surface area contributed by atoms with E-state index in [1.165, 1.54) is 12.1 Å². The van der Waals surface area contributed by atoms with Gasteiger partial charge in [0.15, 0.2) is 0 Å². The minimum Gasteiger partial charge on any atom is -0.480 e. The molecule has 0 saturated carbocycles. The lowest BCUT2D eigenvalue weighted by Gasteiger charge is -2.39. The molecule has 8 atom stereocenters. The average Bonchev–Trinajstić information content (AvgIpc) is 3.10. The SMILES string of the molecule is CC(C)CC(NC(=O)C(Cc1ccccc1)NC(=O)CNC(=O)CNC(=O)C(N)Cc1ccc(O[C@@H]2O[C@H](CO)[C@@H](O)[C@H](O)[C@H]2O)cc1)C(=O)O. The second-order valence-electron chi connectivity index (χ2n) is 12.6. The standard InChI is InChI=1S/C34H47N5O12/c1-18(2)12-24(33(48)49)39-32(47)23(14-19-6-4-3-5-7-19)38-27(42)16-36-26(41)15-37-31(46)22(35)13-20-8-10-21(11-9-20)50-34-30(45)29(44)28(43)25(17-40)51-34/h3-11,18,22-25,28-30,34,40,43-45H,12-17,35H2,1-2H3,(H,36,41)(H,37,46)(H,38,42)(H,39,47)(H,48,49)/t22?,23?,24?,25-,28-,29+,30-,34-/m1/s1. The third-order valence-corrected chi connectivity index (χ3v) is 7.94. The number of amides is 4. The van der Waals surface area contributed by atoms with Crippen molar-refractivity contribution in [2.24, 2.45) is 11.7 Å². The zero-order valence-electron chi connectivity index (χ0n) is 28.3. The smallest absolute Gasteiger partial charge is 0.326 e. The molecule has 2 aromatic carbocycles. The molecular weight excluding hydrogens is 670 g/mol. The van der Waals surface area contributed by atoms with E-state index in [2.05, 4.69) is 21.3 Å². The molecule has 17 heteroatoms. The Bertz CT molecular complexity index is 1460. The van der Waals surface area contributed by atoms with Crippen molar-refractivity contribution in [3.8, 4) is 5.75 Å². The number of aliphatic carboxylic acids is 1. The Morgan fingerprint density at radius 3 is 2.02 bits per heavy atom. The quantitative estimate of drug-likeness (QED) is 0.0753. The lowest BCUT2D eigenvalue weighted by Crippen LogP contribution is -2.60. The number of aliphatic hydroxyl groups excluding tert-OH is 4. The van der Waals surface area contributed by atoms with Crippen LogP contribution in [0.5, 0.6) is 5.75 Å². The predicted octanol–water partition coefficient (Wildman–Crippen LogP) is -2.69. The molecular formula is C34H47N5O12. The van der Waals surface area contributed by atoms with Crippen molar-refractivity contribution in [3.05, 3.63) is 65.7 Å². The van der Waals surface area contributed by atoms with Crippen molar-refractivity contribution in [1.29, 1.82) is 0 Å². The van der Waals surface area contributed by atoms with Crippen LogP contribution >= 0.6 is 0 Å². The van der Waals surface area contributed by atoms with Crippen LogP contribution in [0.4, 0.5) is 0 Å². The maximum absolute atomic E-state index is 13.1. The van der Waals surface area contributed by atoms with Crippen LogP contribution in [0.25, 0.3) is 0 Å². The second kappa shape index (κ2) is 19.7. The van der Waals surface area contributed by atoms with Gasteiger partial charge in [0.25, 0.3) is 0 Å². The summed E-state index contributed by atoms with van der Waals surface area (Å²) in [5.74, 6) is -3.74. The number of benzene rings is 2. The lowest BCUT2D eigenvalue weighted by atomic mass is 9.99. The third-order valence-electron chi connectivity index (χ3n) is 7.94.